The quantitative estimate of drug-likeness (QED) is 0.848. The van der Waals surface area contributed by atoms with Gasteiger partial charge in [0.2, 0.25) is 0 Å². The van der Waals surface area contributed by atoms with Gasteiger partial charge in [-0.2, -0.15) is 0 Å². The van der Waals surface area contributed by atoms with E-state index in [0.29, 0.717) is 0 Å². The van der Waals surface area contributed by atoms with Crippen LogP contribution in [-0.4, -0.2) is 25.5 Å². The molecule has 1 unspecified atom stereocenters. The second kappa shape index (κ2) is 7.81. The number of likely N-dealkylation sites (N-methyl/N-ethyl adjacent to an activating group) is 1. The van der Waals surface area contributed by atoms with E-state index in [1.165, 1.54) is 0 Å². The second-order valence-electron chi connectivity index (χ2n) is 5.22. The van der Waals surface area contributed by atoms with Crippen LogP contribution < -0.4 is 5.32 Å². The molecule has 0 heterocycles. The van der Waals surface area contributed by atoms with E-state index in [1.54, 1.807) is 0 Å². The van der Waals surface area contributed by atoms with Crippen LogP contribution in [0, 0.1) is 0 Å². The first kappa shape index (κ1) is 16.3. The Hall–Kier alpha value is -1.06. The summed E-state index contributed by atoms with van der Waals surface area (Å²) in [5, 5.41) is 5.06. The average molecular weight is 323 g/mol. The molecule has 2 rings (SSSR count). The molecule has 2 nitrogen and oxygen atoms in total. The highest BCUT2D eigenvalue weighted by atomic mass is 35.5. The molecule has 0 aliphatic heterocycles. The van der Waals surface area contributed by atoms with Crippen LogP contribution in [0.3, 0.4) is 0 Å². The molecule has 0 bridgehead atoms. The Kier molecular flexibility index (Phi) is 6.07. The SMILES string of the molecule is CN(C)C(CNCc1ccccc1Cl)c1ccccc1Cl. The first-order valence-corrected chi connectivity index (χ1v) is 7.70. The number of nitrogens with one attached hydrogen (secondary N) is 1. The maximum atomic E-state index is 6.31. The summed E-state index contributed by atoms with van der Waals surface area (Å²) in [6.07, 6.45) is 0. The molecule has 0 spiro atoms. The van der Waals surface area contributed by atoms with Gasteiger partial charge in [-0.25, -0.2) is 0 Å². The van der Waals surface area contributed by atoms with Crippen molar-refractivity contribution in [2.75, 3.05) is 20.6 Å². The number of nitrogens with zero attached hydrogens (tertiary/aromatic N) is 1. The Morgan fingerprint density at radius 2 is 1.57 bits per heavy atom. The smallest absolute Gasteiger partial charge is 0.0481 e. The highest BCUT2D eigenvalue weighted by Gasteiger charge is 2.16. The standard InChI is InChI=1S/C17H20Cl2N2/c1-21(2)17(14-8-4-6-10-16(14)19)12-20-11-13-7-3-5-9-15(13)18/h3-10,17,20H,11-12H2,1-2H3. The summed E-state index contributed by atoms with van der Waals surface area (Å²) in [6, 6.07) is 16.1. The number of hydrogen-bond acceptors (Lipinski definition) is 2. The Morgan fingerprint density at radius 1 is 0.952 bits per heavy atom. The molecule has 0 saturated carbocycles. The molecule has 21 heavy (non-hydrogen) atoms. The zero-order valence-corrected chi connectivity index (χ0v) is 13.8. The third-order valence-corrected chi connectivity index (χ3v) is 4.21. The van der Waals surface area contributed by atoms with Crippen molar-refractivity contribution in [2.45, 2.75) is 12.6 Å². The van der Waals surface area contributed by atoms with Crippen molar-refractivity contribution in [3.8, 4) is 0 Å². The summed E-state index contributed by atoms with van der Waals surface area (Å²) in [5.41, 5.74) is 2.24. The summed E-state index contributed by atoms with van der Waals surface area (Å²) in [7, 11) is 4.12. The van der Waals surface area contributed by atoms with E-state index >= 15 is 0 Å². The molecule has 0 aliphatic rings. The highest BCUT2D eigenvalue weighted by Crippen LogP contribution is 2.25. The molecule has 0 saturated heterocycles. The van der Waals surface area contributed by atoms with Crippen LogP contribution in [0.25, 0.3) is 0 Å². The number of hydrogen-bond donors (Lipinski definition) is 1. The maximum absolute atomic E-state index is 6.31. The van der Waals surface area contributed by atoms with Gasteiger partial charge < -0.3 is 10.2 Å². The molecular formula is C17H20Cl2N2. The lowest BCUT2D eigenvalue weighted by molar-refractivity contribution is 0.288. The van der Waals surface area contributed by atoms with Crippen molar-refractivity contribution in [1.29, 1.82) is 0 Å². The summed E-state index contributed by atoms with van der Waals surface area (Å²) < 4.78 is 0. The van der Waals surface area contributed by atoms with E-state index in [9.17, 15) is 0 Å². The predicted molar refractivity (Wildman–Crippen MR) is 91.0 cm³/mol. The van der Waals surface area contributed by atoms with Crippen LogP contribution in [0.4, 0.5) is 0 Å². The lowest BCUT2D eigenvalue weighted by atomic mass is 10.1. The molecule has 4 heteroatoms. The van der Waals surface area contributed by atoms with Gasteiger partial charge in [-0.3, -0.25) is 0 Å². The van der Waals surface area contributed by atoms with Crippen LogP contribution in [0.15, 0.2) is 48.5 Å². The number of benzene rings is 2. The van der Waals surface area contributed by atoms with E-state index in [0.717, 1.165) is 34.3 Å². The van der Waals surface area contributed by atoms with Crippen molar-refractivity contribution in [1.82, 2.24) is 10.2 Å². The Morgan fingerprint density at radius 3 is 2.19 bits per heavy atom. The third kappa shape index (κ3) is 4.45. The van der Waals surface area contributed by atoms with Crippen molar-refractivity contribution in [3.05, 3.63) is 69.7 Å². The van der Waals surface area contributed by atoms with Crippen LogP contribution in [-0.2, 0) is 6.54 Å². The predicted octanol–water partition coefficient (Wildman–Crippen LogP) is 4.39. The van der Waals surface area contributed by atoms with Gasteiger partial charge in [-0.15, -0.1) is 0 Å². The van der Waals surface area contributed by atoms with Gasteiger partial charge in [-0.05, 0) is 37.4 Å². The van der Waals surface area contributed by atoms with E-state index in [4.69, 9.17) is 23.2 Å². The number of halogens is 2. The van der Waals surface area contributed by atoms with Gasteiger partial charge >= 0.3 is 0 Å². The molecule has 2 aromatic carbocycles. The van der Waals surface area contributed by atoms with Gasteiger partial charge in [0, 0.05) is 29.2 Å². The van der Waals surface area contributed by atoms with Crippen LogP contribution in [0.2, 0.25) is 10.0 Å². The van der Waals surface area contributed by atoms with E-state index in [1.807, 2.05) is 42.5 Å². The molecule has 0 aliphatic carbocycles. The van der Waals surface area contributed by atoms with Gasteiger partial charge in [0.1, 0.15) is 0 Å². The summed E-state index contributed by atoms with van der Waals surface area (Å²) >= 11 is 12.5. The Balaban J connectivity index is 2.02. The lowest BCUT2D eigenvalue weighted by Crippen LogP contribution is -2.31. The zero-order valence-electron chi connectivity index (χ0n) is 12.3. The molecular weight excluding hydrogens is 303 g/mol. The largest absolute Gasteiger partial charge is 0.311 e. The van der Waals surface area contributed by atoms with Gasteiger partial charge in [0.15, 0.2) is 0 Å². The fraction of sp³-hybridized carbons (Fsp3) is 0.294. The van der Waals surface area contributed by atoms with E-state index in [-0.39, 0.29) is 6.04 Å². The molecule has 0 amide bonds. The maximum Gasteiger partial charge on any atom is 0.0481 e. The normalized spacial score (nSPS) is 12.6. The molecule has 2 aromatic rings. The van der Waals surface area contributed by atoms with Gasteiger partial charge in [0.05, 0.1) is 0 Å². The molecule has 0 fully saturated rings. The van der Waals surface area contributed by atoms with E-state index < -0.39 is 0 Å². The van der Waals surface area contributed by atoms with Crippen molar-refractivity contribution < 1.29 is 0 Å². The first-order valence-electron chi connectivity index (χ1n) is 6.94. The van der Waals surface area contributed by atoms with Gasteiger partial charge in [0.25, 0.3) is 0 Å². The fourth-order valence-electron chi connectivity index (χ4n) is 2.30. The van der Waals surface area contributed by atoms with Crippen molar-refractivity contribution in [3.63, 3.8) is 0 Å². The molecule has 0 radical (unpaired) electrons. The van der Waals surface area contributed by atoms with Crippen LogP contribution in [0.1, 0.15) is 17.2 Å². The molecule has 0 aromatic heterocycles. The third-order valence-electron chi connectivity index (χ3n) is 3.50. The second-order valence-corrected chi connectivity index (χ2v) is 6.04. The van der Waals surface area contributed by atoms with Crippen molar-refractivity contribution in [2.24, 2.45) is 0 Å². The average Bonchev–Trinajstić information content (AvgIpc) is 2.46. The van der Waals surface area contributed by atoms with Crippen molar-refractivity contribution >= 4 is 23.2 Å². The molecule has 1 atom stereocenters. The van der Waals surface area contributed by atoms with Crippen LogP contribution in [0.5, 0.6) is 0 Å². The molecule has 1 N–H and O–H groups in total. The minimum Gasteiger partial charge on any atom is -0.311 e. The first-order chi connectivity index (χ1) is 10.1. The van der Waals surface area contributed by atoms with E-state index in [2.05, 4.69) is 30.4 Å². The Bertz CT molecular complexity index is 585. The monoisotopic (exact) mass is 322 g/mol. The summed E-state index contributed by atoms with van der Waals surface area (Å²) in [6.45, 7) is 1.55. The summed E-state index contributed by atoms with van der Waals surface area (Å²) in [4.78, 5) is 2.17. The lowest BCUT2D eigenvalue weighted by Gasteiger charge is -2.26. The number of rotatable bonds is 6. The Labute approximate surface area is 136 Å². The topological polar surface area (TPSA) is 15.3 Å². The minimum absolute atomic E-state index is 0.223. The minimum atomic E-state index is 0.223. The zero-order chi connectivity index (χ0) is 15.2. The highest BCUT2D eigenvalue weighted by molar-refractivity contribution is 6.31. The van der Waals surface area contributed by atoms with Crippen LogP contribution >= 0.6 is 23.2 Å². The fourth-order valence-corrected chi connectivity index (χ4v) is 2.77. The van der Waals surface area contributed by atoms with Gasteiger partial charge in [-0.1, -0.05) is 59.6 Å². The molecule has 112 valence electrons. The summed E-state index contributed by atoms with van der Waals surface area (Å²) in [5.74, 6) is 0.